The van der Waals surface area contributed by atoms with E-state index in [9.17, 15) is 39.0 Å². The van der Waals surface area contributed by atoms with Crippen LogP contribution in [0.25, 0.3) is 0 Å². The third-order valence-electron chi connectivity index (χ3n) is 11.2. The zero-order valence-corrected chi connectivity index (χ0v) is 41.8. The first-order chi connectivity index (χ1) is 32.3. The van der Waals surface area contributed by atoms with Gasteiger partial charge in [0.2, 0.25) is 29.5 Å². The van der Waals surface area contributed by atoms with Crippen LogP contribution in [0.1, 0.15) is 137 Å². The minimum Gasteiger partial charge on any atom is -0.508 e. The van der Waals surface area contributed by atoms with E-state index in [-0.39, 0.29) is 43.3 Å². The molecule has 2 rings (SSSR count). The van der Waals surface area contributed by atoms with E-state index < -0.39 is 60.8 Å². The summed E-state index contributed by atoms with van der Waals surface area (Å²) in [5.74, 6) is -4.18. The summed E-state index contributed by atoms with van der Waals surface area (Å²) in [6, 6.07) is 11.8. The van der Waals surface area contributed by atoms with Crippen molar-refractivity contribution in [3.8, 4) is 5.75 Å². The Bertz CT molecular complexity index is 2080. The van der Waals surface area contributed by atoms with Crippen molar-refractivity contribution in [1.82, 2.24) is 26.6 Å². The summed E-state index contributed by atoms with van der Waals surface area (Å²) in [4.78, 5) is 77.5. The van der Waals surface area contributed by atoms with Crippen LogP contribution < -0.4 is 26.6 Å². The maximum atomic E-state index is 13.4. The molecule has 7 N–H and O–H groups in total. The van der Waals surface area contributed by atoms with Crippen molar-refractivity contribution in [3.05, 3.63) is 124 Å². The van der Waals surface area contributed by atoms with Gasteiger partial charge in [0, 0.05) is 19.3 Å². The molecule has 0 radical (unpaired) electrons. The van der Waals surface area contributed by atoms with Gasteiger partial charge in [-0.15, -0.1) is 0 Å². The number of benzene rings is 2. The number of carboxylic acids is 1. The van der Waals surface area contributed by atoms with Gasteiger partial charge in [-0.3, -0.25) is 24.0 Å². The van der Waals surface area contributed by atoms with Gasteiger partial charge < -0.3 is 36.8 Å². The number of carboxylic acid groups (broad SMARTS) is 1. The summed E-state index contributed by atoms with van der Waals surface area (Å²) >= 11 is 0. The highest BCUT2D eigenvalue weighted by molar-refractivity contribution is 5.94. The molecule has 0 heterocycles. The summed E-state index contributed by atoms with van der Waals surface area (Å²) in [7, 11) is 0. The average Bonchev–Trinajstić information content (AvgIpc) is 3.28. The molecule has 0 aromatic heterocycles. The van der Waals surface area contributed by atoms with Crippen molar-refractivity contribution in [1.29, 1.82) is 0 Å². The third-order valence-corrected chi connectivity index (χ3v) is 11.2. The summed E-state index contributed by atoms with van der Waals surface area (Å²) in [6.07, 6.45) is 20.7. The van der Waals surface area contributed by atoms with E-state index in [1.807, 2.05) is 20.8 Å². The fraction of sp³-hybridized carbons (Fsp3) is 0.491. The van der Waals surface area contributed by atoms with Crippen molar-refractivity contribution in [2.75, 3.05) is 13.1 Å². The van der Waals surface area contributed by atoms with Crippen LogP contribution in [-0.4, -0.2) is 76.9 Å². The van der Waals surface area contributed by atoms with Crippen LogP contribution in [0, 0.1) is 5.92 Å². The summed E-state index contributed by atoms with van der Waals surface area (Å²) in [6.45, 7) is 15.5. The van der Waals surface area contributed by atoms with Crippen LogP contribution in [0.2, 0.25) is 0 Å². The summed E-state index contributed by atoms with van der Waals surface area (Å²) in [5, 5.41) is 32.3. The molecule has 0 spiro atoms. The van der Waals surface area contributed by atoms with Crippen molar-refractivity contribution in [2.24, 2.45) is 5.92 Å². The topological polar surface area (TPSA) is 203 Å². The largest absolute Gasteiger partial charge is 0.508 e. The lowest BCUT2D eigenvalue weighted by atomic mass is 10.0. The van der Waals surface area contributed by atoms with Gasteiger partial charge in [-0.05, 0) is 135 Å². The molecule has 0 saturated carbocycles. The quantitative estimate of drug-likeness (QED) is 0.0287. The molecule has 0 aliphatic heterocycles. The van der Waals surface area contributed by atoms with E-state index in [1.165, 1.54) is 34.4 Å². The molecular formula is C55H79N5O8. The Hall–Kier alpha value is -6.24. The van der Waals surface area contributed by atoms with Crippen molar-refractivity contribution in [3.63, 3.8) is 0 Å². The molecule has 0 aliphatic rings. The van der Waals surface area contributed by atoms with Gasteiger partial charge in [0.25, 0.3) is 0 Å². The van der Waals surface area contributed by atoms with E-state index in [4.69, 9.17) is 0 Å². The Balaban J connectivity index is 1.89. The normalized spacial score (nSPS) is 13.5. The van der Waals surface area contributed by atoms with Gasteiger partial charge in [0.15, 0.2) is 0 Å². The van der Waals surface area contributed by atoms with Gasteiger partial charge in [-0.2, -0.15) is 0 Å². The first-order valence-electron chi connectivity index (χ1n) is 24.0. The van der Waals surface area contributed by atoms with Crippen LogP contribution in [0.4, 0.5) is 0 Å². The maximum absolute atomic E-state index is 13.4. The van der Waals surface area contributed by atoms with Crippen LogP contribution >= 0.6 is 0 Å². The predicted octanol–water partition coefficient (Wildman–Crippen LogP) is 8.65. The fourth-order valence-electron chi connectivity index (χ4n) is 7.20. The van der Waals surface area contributed by atoms with Crippen LogP contribution in [0.5, 0.6) is 5.75 Å². The number of aromatic hydroxyl groups is 1. The minimum absolute atomic E-state index is 0.0119. The molecule has 3 atom stereocenters. The molecule has 0 fully saturated rings. The molecule has 372 valence electrons. The number of carbonyl (C=O) groups is 6. The van der Waals surface area contributed by atoms with Crippen molar-refractivity contribution < 1.29 is 39.0 Å². The lowest BCUT2D eigenvalue weighted by Crippen LogP contribution is -2.54. The van der Waals surface area contributed by atoms with Gasteiger partial charge in [-0.1, -0.05) is 115 Å². The molecule has 3 unspecified atom stereocenters. The highest BCUT2D eigenvalue weighted by Gasteiger charge is 2.28. The van der Waals surface area contributed by atoms with E-state index in [2.05, 4.69) is 91.6 Å². The maximum Gasteiger partial charge on any atom is 0.326 e. The fourth-order valence-corrected chi connectivity index (χ4v) is 7.20. The average molecular weight is 938 g/mol. The number of amides is 5. The molecule has 0 aliphatic carbocycles. The number of phenols is 1. The smallest absolute Gasteiger partial charge is 0.326 e. The summed E-state index contributed by atoms with van der Waals surface area (Å²) in [5.41, 5.74) is 8.04. The number of unbranched alkanes of at least 4 members (excludes halogenated alkanes) is 1. The molecule has 13 nitrogen and oxygen atoms in total. The second-order valence-electron chi connectivity index (χ2n) is 18.5. The van der Waals surface area contributed by atoms with Crippen LogP contribution in [0.3, 0.4) is 0 Å². The minimum atomic E-state index is -1.19. The number of carbonyl (C=O) groups excluding carboxylic acids is 5. The Morgan fingerprint density at radius 2 is 0.971 bits per heavy atom. The molecule has 0 bridgehead atoms. The van der Waals surface area contributed by atoms with Gasteiger partial charge in [0.1, 0.15) is 23.9 Å². The van der Waals surface area contributed by atoms with E-state index >= 15 is 0 Å². The number of hydrogen-bond acceptors (Lipinski definition) is 7. The number of phenolic OH excluding ortho intramolecular Hbond substituents is 1. The SMILES string of the molecule is CC(C)=CCC/C(C)=C/CCC(C)=CCC/C=C(\C)CCC=C(C)CCC(=O)NC(Cc1ccc(O)cc1)C(=O)NCC(=O)NCC(=O)NC(Cc1ccccc1)C(=O)NC(CC(C)C)C(=O)O. The highest BCUT2D eigenvalue weighted by atomic mass is 16.4. The second-order valence-corrected chi connectivity index (χ2v) is 18.5. The van der Waals surface area contributed by atoms with Crippen LogP contribution in [-0.2, 0) is 41.6 Å². The lowest BCUT2D eigenvalue weighted by Gasteiger charge is -2.22. The van der Waals surface area contributed by atoms with E-state index in [0.717, 1.165) is 62.5 Å². The van der Waals surface area contributed by atoms with E-state index in [0.29, 0.717) is 12.0 Å². The molecule has 2 aromatic rings. The standard InChI is InChI=1S/C55H79N5O8/c1-38(2)17-14-20-42(7)23-15-21-40(5)18-12-13-19-41(6)22-16-24-43(8)27-32-50(62)58-47(35-45-28-30-46(61)31-29-45)53(65)57-36-51(63)56-37-52(64)59-48(34-44-25-10-9-11-26-44)54(66)60-49(55(67)68)33-39(3)4/h9-11,17-19,23-26,28-31,39,47-49,61H,12-16,20-22,27,32-37H2,1-8H3,(H,56,63)(H,57,65)(H,58,62)(H,59,64)(H,60,66)(H,67,68)/b40-18?,41-19+,42-23+,43-24?. The third kappa shape index (κ3) is 26.8. The molecule has 13 heteroatoms. The van der Waals surface area contributed by atoms with Crippen LogP contribution in [0.15, 0.2) is 113 Å². The monoisotopic (exact) mass is 938 g/mol. The first-order valence-corrected chi connectivity index (χ1v) is 24.0. The Labute approximate surface area is 405 Å². The number of nitrogens with one attached hydrogen (secondary N) is 5. The number of aliphatic carboxylic acids is 1. The zero-order valence-electron chi connectivity index (χ0n) is 41.8. The van der Waals surface area contributed by atoms with Crippen molar-refractivity contribution >= 4 is 35.5 Å². The molecule has 2 aromatic carbocycles. The van der Waals surface area contributed by atoms with Gasteiger partial charge >= 0.3 is 5.97 Å². The van der Waals surface area contributed by atoms with Gasteiger partial charge in [-0.25, -0.2) is 4.79 Å². The lowest BCUT2D eigenvalue weighted by molar-refractivity contribution is -0.142. The molecule has 68 heavy (non-hydrogen) atoms. The van der Waals surface area contributed by atoms with Gasteiger partial charge in [0.05, 0.1) is 13.1 Å². The molecule has 0 saturated heterocycles. The number of allylic oxidation sites excluding steroid dienone is 10. The predicted molar refractivity (Wildman–Crippen MR) is 271 cm³/mol. The van der Waals surface area contributed by atoms with E-state index in [1.54, 1.807) is 42.5 Å². The molecule has 5 amide bonds. The zero-order chi connectivity index (χ0) is 50.4. The Morgan fingerprint density at radius 1 is 0.500 bits per heavy atom. The Morgan fingerprint density at radius 3 is 1.50 bits per heavy atom. The summed E-state index contributed by atoms with van der Waals surface area (Å²) < 4.78 is 0. The number of rotatable bonds is 31. The first kappa shape index (κ1) is 57.9. The number of hydrogen-bond donors (Lipinski definition) is 7. The highest BCUT2D eigenvalue weighted by Crippen LogP contribution is 2.16. The van der Waals surface area contributed by atoms with Crippen molar-refractivity contribution in [2.45, 2.75) is 157 Å². The molecular weight excluding hydrogens is 859 g/mol. The second kappa shape index (κ2) is 32.5. The Kier molecular flexibility index (Phi) is 27.6.